The van der Waals surface area contributed by atoms with Crippen LogP contribution in [-0.4, -0.2) is 75.8 Å². The average Bonchev–Trinajstić information content (AvgIpc) is 3.53. The van der Waals surface area contributed by atoms with E-state index in [0.717, 1.165) is 0 Å². The first-order chi connectivity index (χ1) is 18.5. The molecule has 0 unspecified atom stereocenters. The number of carbonyl (C=O) groups is 3. The lowest BCUT2D eigenvalue weighted by atomic mass is 10.0. The van der Waals surface area contributed by atoms with Crippen LogP contribution in [0.15, 0.2) is 29.1 Å². The maximum Gasteiger partial charge on any atom is 0.422 e. The van der Waals surface area contributed by atoms with Crippen molar-refractivity contribution in [3.63, 3.8) is 0 Å². The Balaban J connectivity index is 1.68. The van der Waals surface area contributed by atoms with Gasteiger partial charge in [-0.05, 0) is 31.4 Å². The lowest BCUT2D eigenvalue weighted by molar-refractivity contribution is -0.153. The van der Waals surface area contributed by atoms with Crippen molar-refractivity contribution in [2.24, 2.45) is 7.05 Å². The summed E-state index contributed by atoms with van der Waals surface area (Å²) >= 11 is 0. The van der Waals surface area contributed by atoms with E-state index in [2.05, 4.69) is 15.6 Å². The van der Waals surface area contributed by atoms with Crippen LogP contribution in [0.25, 0.3) is 11.0 Å². The van der Waals surface area contributed by atoms with Gasteiger partial charge in [0.15, 0.2) is 18.1 Å². The number of fused-ring (bicyclic) bond motifs is 1. The van der Waals surface area contributed by atoms with Crippen molar-refractivity contribution in [3.05, 3.63) is 41.6 Å². The van der Waals surface area contributed by atoms with Gasteiger partial charge < -0.3 is 34.4 Å². The molecule has 3 N–H and O–H groups in total. The molecule has 0 radical (unpaired) electrons. The SMILES string of the molecule is CCc1nc2c(cc1NC(=O)c1ccoc1)c(OCC(F)(F)F)c(C(=O)NC1CCN(C(=O)CO)CC1)n2C. The molecule has 0 aromatic carbocycles. The third-order valence-electron chi connectivity index (χ3n) is 6.47. The standard InChI is InChI=1S/C25H28F3N5O6/c1-3-17-18(31-23(36)14-6-9-38-12-14)10-16-21(39-13-25(26,27)28)20(32(2)22(16)30-17)24(37)29-15-4-7-33(8-5-15)19(35)11-34/h6,9-10,12,15,34H,3-5,7-8,11,13H2,1-2H3,(H,29,37)(H,31,36). The summed E-state index contributed by atoms with van der Waals surface area (Å²) in [6, 6.07) is 2.55. The summed E-state index contributed by atoms with van der Waals surface area (Å²) in [5, 5.41) is 14.7. The zero-order chi connectivity index (χ0) is 28.3. The van der Waals surface area contributed by atoms with Crippen LogP contribution in [0.1, 0.15) is 46.3 Å². The number of amides is 3. The molecule has 1 aliphatic rings. The van der Waals surface area contributed by atoms with Gasteiger partial charge >= 0.3 is 6.18 Å². The lowest BCUT2D eigenvalue weighted by Crippen LogP contribution is -2.47. The number of alkyl halides is 3. The van der Waals surface area contributed by atoms with Gasteiger partial charge in [-0.1, -0.05) is 6.92 Å². The molecule has 0 bridgehead atoms. The highest BCUT2D eigenvalue weighted by atomic mass is 19.4. The molecule has 3 aromatic heterocycles. The molecule has 3 amide bonds. The molecule has 11 nitrogen and oxygen atoms in total. The van der Waals surface area contributed by atoms with Gasteiger partial charge in [0.2, 0.25) is 5.91 Å². The number of carbonyl (C=O) groups excluding carboxylic acids is 3. The second-order valence-corrected chi connectivity index (χ2v) is 9.10. The van der Waals surface area contributed by atoms with Crippen LogP contribution < -0.4 is 15.4 Å². The van der Waals surface area contributed by atoms with Gasteiger partial charge in [-0.15, -0.1) is 0 Å². The number of anilines is 1. The van der Waals surface area contributed by atoms with Crippen LogP contribution in [0.3, 0.4) is 0 Å². The van der Waals surface area contributed by atoms with E-state index in [1.165, 1.54) is 41.2 Å². The number of aromatic nitrogens is 2. The van der Waals surface area contributed by atoms with Crippen molar-refractivity contribution < 1.29 is 41.8 Å². The van der Waals surface area contributed by atoms with Gasteiger partial charge in [0.1, 0.15) is 18.5 Å². The lowest BCUT2D eigenvalue weighted by Gasteiger charge is -2.32. The van der Waals surface area contributed by atoms with Crippen LogP contribution in [-0.2, 0) is 18.3 Å². The first-order valence-corrected chi connectivity index (χ1v) is 12.3. The fraction of sp³-hybridized carbons (Fsp3) is 0.440. The number of ether oxygens (including phenoxy) is 1. The van der Waals surface area contributed by atoms with E-state index < -0.39 is 37.1 Å². The van der Waals surface area contributed by atoms with Crippen molar-refractivity contribution in [3.8, 4) is 5.75 Å². The zero-order valence-electron chi connectivity index (χ0n) is 21.3. The topological polar surface area (TPSA) is 139 Å². The van der Waals surface area contributed by atoms with E-state index in [1.807, 2.05) is 0 Å². The number of aryl methyl sites for hydroxylation is 2. The van der Waals surface area contributed by atoms with Gasteiger partial charge in [0.05, 0.1) is 28.6 Å². The summed E-state index contributed by atoms with van der Waals surface area (Å²) in [6.45, 7) is 0.188. The molecular weight excluding hydrogens is 523 g/mol. The van der Waals surface area contributed by atoms with E-state index in [0.29, 0.717) is 38.0 Å². The number of nitrogens with zero attached hydrogens (tertiary/aromatic N) is 3. The highest BCUT2D eigenvalue weighted by Gasteiger charge is 2.33. The predicted octanol–water partition coefficient (Wildman–Crippen LogP) is 2.64. The maximum atomic E-state index is 13.4. The molecule has 3 aromatic rings. The molecule has 0 aliphatic carbocycles. The summed E-state index contributed by atoms with van der Waals surface area (Å²) < 4.78 is 50.9. The molecule has 39 heavy (non-hydrogen) atoms. The van der Waals surface area contributed by atoms with Crippen molar-refractivity contribution in [2.45, 2.75) is 38.4 Å². The minimum atomic E-state index is -4.67. The van der Waals surface area contributed by atoms with Gasteiger partial charge in [0.25, 0.3) is 11.8 Å². The summed E-state index contributed by atoms with van der Waals surface area (Å²) in [7, 11) is 1.50. The van der Waals surface area contributed by atoms with E-state index in [4.69, 9.17) is 14.3 Å². The number of nitrogens with one attached hydrogen (secondary N) is 2. The smallest absolute Gasteiger partial charge is 0.422 e. The normalized spacial score (nSPS) is 14.5. The fourth-order valence-corrected chi connectivity index (χ4v) is 4.50. The Labute approximate surface area is 220 Å². The summed E-state index contributed by atoms with van der Waals surface area (Å²) in [6.07, 6.45) is -0.896. The third kappa shape index (κ3) is 6.16. The quantitative estimate of drug-likeness (QED) is 0.391. The van der Waals surface area contributed by atoms with Crippen molar-refractivity contribution in [1.82, 2.24) is 19.8 Å². The number of hydrogen-bond acceptors (Lipinski definition) is 7. The fourth-order valence-electron chi connectivity index (χ4n) is 4.50. The van der Waals surface area contributed by atoms with Gasteiger partial charge in [0, 0.05) is 26.2 Å². The molecular formula is C25H28F3N5O6. The molecule has 4 heterocycles. The summed E-state index contributed by atoms with van der Waals surface area (Å²) in [4.78, 5) is 43.7. The average molecular weight is 552 g/mol. The molecule has 210 valence electrons. The highest BCUT2D eigenvalue weighted by Crippen LogP contribution is 2.36. The number of hydrogen-bond donors (Lipinski definition) is 3. The van der Waals surface area contributed by atoms with E-state index in [-0.39, 0.29) is 39.8 Å². The molecule has 1 saturated heterocycles. The number of rotatable bonds is 8. The summed E-state index contributed by atoms with van der Waals surface area (Å²) in [5.74, 6) is -1.90. The number of halogens is 3. The van der Waals surface area contributed by atoms with Gasteiger partial charge in [-0.25, -0.2) is 4.98 Å². The van der Waals surface area contributed by atoms with E-state index in [1.54, 1.807) is 6.92 Å². The minimum absolute atomic E-state index is 0.120. The summed E-state index contributed by atoms with van der Waals surface area (Å²) in [5.41, 5.74) is 1.00. The zero-order valence-corrected chi connectivity index (χ0v) is 21.3. The monoisotopic (exact) mass is 551 g/mol. The Morgan fingerprint density at radius 3 is 2.54 bits per heavy atom. The van der Waals surface area contributed by atoms with Crippen LogP contribution >= 0.6 is 0 Å². The minimum Gasteiger partial charge on any atom is -0.481 e. The van der Waals surface area contributed by atoms with E-state index >= 15 is 0 Å². The second-order valence-electron chi connectivity index (χ2n) is 9.10. The highest BCUT2D eigenvalue weighted by molar-refractivity contribution is 6.07. The number of piperidine rings is 1. The molecule has 1 aliphatic heterocycles. The van der Waals surface area contributed by atoms with Crippen LogP contribution in [0.5, 0.6) is 5.75 Å². The van der Waals surface area contributed by atoms with Crippen LogP contribution in [0.4, 0.5) is 18.9 Å². The Morgan fingerprint density at radius 1 is 1.23 bits per heavy atom. The van der Waals surface area contributed by atoms with Crippen LogP contribution in [0, 0.1) is 0 Å². The molecule has 4 rings (SSSR count). The van der Waals surface area contributed by atoms with Crippen molar-refractivity contribution in [2.75, 3.05) is 31.6 Å². The van der Waals surface area contributed by atoms with Crippen molar-refractivity contribution >= 4 is 34.4 Å². The molecule has 14 heteroatoms. The number of pyridine rings is 1. The largest absolute Gasteiger partial charge is 0.481 e. The number of likely N-dealkylation sites (tertiary alicyclic amines) is 1. The predicted molar refractivity (Wildman–Crippen MR) is 132 cm³/mol. The molecule has 1 fully saturated rings. The Kier molecular flexibility index (Phi) is 8.14. The number of aliphatic hydroxyl groups is 1. The number of furan rings is 1. The molecule has 0 spiro atoms. The first-order valence-electron chi connectivity index (χ1n) is 12.3. The Hall–Kier alpha value is -4.07. The molecule has 0 atom stereocenters. The second kappa shape index (κ2) is 11.4. The third-order valence-corrected chi connectivity index (χ3v) is 6.47. The van der Waals surface area contributed by atoms with Crippen LogP contribution in [0.2, 0.25) is 0 Å². The Morgan fingerprint density at radius 2 is 1.95 bits per heavy atom. The maximum absolute atomic E-state index is 13.4. The van der Waals surface area contributed by atoms with Gasteiger partial charge in [-0.3, -0.25) is 14.4 Å². The van der Waals surface area contributed by atoms with Crippen molar-refractivity contribution in [1.29, 1.82) is 0 Å². The number of aliphatic hydroxyl groups excluding tert-OH is 1. The molecule has 0 saturated carbocycles. The Bertz CT molecular complexity index is 1360. The van der Waals surface area contributed by atoms with E-state index in [9.17, 15) is 27.6 Å². The first kappa shape index (κ1) is 28.0. The van der Waals surface area contributed by atoms with Gasteiger partial charge in [-0.2, -0.15) is 13.2 Å².